The number of aromatic nitrogens is 2. The van der Waals surface area contributed by atoms with Crippen LogP contribution in [0.3, 0.4) is 0 Å². The van der Waals surface area contributed by atoms with Crippen molar-refractivity contribution in [2.24, 2.45) is 74.9 Å². The van der Waals surface area contributed by atoms with Crippen molar-refractivity contribution in [1.82, 2.24) is 9.97 Å². The third kappa shape index (κ3) is 5.02. The SMILES string of the molecule is C[C@@H]1[C@@]2(CC[C@](C)(O)CO2)O[C@H]2C=C3[C@@H]4[C@@H](O)C[C@H]5Cc6nc7c(nc6C[C@]5(C)[C@H]4C[C@@H](O)[C@]3(C)[C@]21O)C[C@@H]1CC[C@@H]2[C@H](CC(=O)[C@]3(C)[C@@H]4[C@H](C[C@]23O)O[C@]2(CCC(C)(C)O2)[C@H]4C)[C@@]1(C)C7. The number of carbonyl (C=O) groups excluding carboxylic acids is 1. The maximum atomic E-state index is 14.9. The van der Waals surface area contributed by atoms with E-state index >= 15 is 0 Å². The molecule has 0 amide bonds. The Morgan fingerprint density at radius 3 is 2.03 bits per heavy atom. The number of Topliss-reactive ketones (excluding diaryl/α,β-unsaturated/α-hetero) is 1. The fourth-order valence-electron chi connectivity index (χ4n) is 19.6. The van der Waals surface area contributed by atoms with Gasteiger partial charge in [0, 0.05) is 54.8 Å². The zero-order chi connectivity index (χ0) is 46.5. The second-order valence-electron chi connectivity index (χ2n) is 26.8. The first-order chi connectivity index (χ1) is 30.8. The van der Waals surface area contributed by atoms with Gasteiger partial charge in [-0.3, -0.25) is 14.8 Å². The molecule has 13 rings (SSSR count). The molecule has 8 aliphatic carbocycles. The number of hydrogen-bond donors (Lipinski definition) is 5. The molecule has 5 heterocycles. The molecule has 1 aromatic rings. The molecule has 66 heavy (non-hydrogen) atoms. The van der Waals surface area contributed by atoms with E-state index < -0.39 is 63.4 Å². The molecule has 5 saturated carbocycles. The van der Waals surface area contributed by atoms with Crippen LogP contribution in [0.5, 0.6) is 0 Å². The molecule has 5 N–H and O–H groups in total. The highest BCUT2D eigenvalue weighted by Crippen LogP contribution is 2.74. The number of fused-ring (bicyclic) bond motifs is 16. The molecular formula is C54H76N2O10. The number of ketones is 1. The Labute approximate surface area is 390 Å². The van der Waals surface area contributed by atoms with Gasteiger partial charge in [-0.15, -0.1) is 0 Å². The van der Waals surface area contributed by atoms with Gasteiger partial charge in [0.2, 0.25) is 0 Å². The third-order valence-corrected chi connectivity index (χ3v) is 23.6. The van der Waals surface area contributed by atoms with Crippen molar-refractivity contribution >= 4 is 5.78 Å². The lowest BCUT2D eigenvalue weighted by molar-refractivity contribution is -0.289. The number of rotatable bonds is 0. The van der Waals surface area contributed by atoms with Gasteiger partial charge in [0.15, 0.2) is 11.6 Å². The Morgan fingerprint density at radius 1 is 0.712 bits per heavy atom. The molecule has 0 aromatic carbocycles. The summed E-state index contributed by atoms with van der Waals surface area (Å²) in [6, 6.07) is 0. The van der Waals surface area contributed by atoms with Crippen molar-refractivity contribution in [3.63, 3.8) is 0 Å². The van der Waals surface area contributed by atoms with Crippen LogP contribution in [0.1, 0.15) is 149 Å². The van der Waals surface area contributed by atoms with E-state index in [2.05, 4.69) is 41.5 Å². The van der Waals surface area contributed by atoms with E-state index in [0.717, 1.165) is 73.3 Å². The summed E-state index contributed by atoms with van der Waals surface area (Å²) >= 11 is 0. The van der Waals surface area contributed by atoms with E-state index in [1.165, 1.54) is 0 Å². The van der Waals surface area contributed by atoms with Crippen LogP contribution in [0.2, 0.25) is 0 Å². The molecule has 1 aromatic heterocycles. The zero-order valence-electron chi connectivity index (χ0n) is 40.9. The summed E-state index contributed by atoms with van der Waals surface area (Å²) in [6.07, 6.45) is 9.13. The molecule has 0 radical (unpaired) electrons. The molecule has 4 saturated heterocycles. The van der Waals surface area contributed by atoms with E-state index in [0.29, 0.717) is 50.9 Å². The highest BCUT2D eigenvalue weighted by atomic mass is 16.7. The standard InChI is InChI=1S/C54H76N2O10/c1-26-44-39(64-52(26)14-12-45(3,4)66-52)24-51(61)30-11-10-28-16-34-36(22-47(28,6)31(30)19-41(59)50(44,51)9)56-35-17-29-18-38(57)43-32(48(29,7)23-37(35)55-34)20-40(58)49(8)33(43)21-42-54(49,62)27(2)53(65-42)15-13-46(5,60)25-63-53/h21,26-32,38-40,42-44,57-58,60-62H,10-20,22-25H2,1-9H3/t26-,27+,28-,29+,30+,31-,32-,38-,39-,40+,42-,43+,44-,46-,47-,48-,49+,50+,51-,52-,53+,54+/m0/s1. The fraction of sp³-hybridized carbons (Fsp3) is 0.870. The predicted molar refractivity (Wildman–Crippen MR) is 240 cm³/mol. The average molecular weight is 913 g/mol. The molecule has 2 spiro atoms. The largest absolute Gasteiger partial charge is 0.392 e. The minimum Gasteiger partial charge on any atom is -0.392 e. The first-order valence-electron chi connectivity index (χ1n) is 26.2. The van der Waals surface area contributed by atoms with Crippen LogP contribution in [0.4, 0.5) is 0 Å². The first kappa shape index (κ1) is 44.1. The number of aliphatic hydroxyl groups is 5. The van der Waals surface area contributed by atoms with Crippen LogP contribution in [-0.2, 0) is 49.4 Å². The van der Waals surface area contributed by atoms with Crippen molar-refractivity contribution in [3.8, 4) is 0 Å². The Kier molecular flexibility index (Phi) is 8.66. The molecule has 12 nitrogen and oxygen atoms in total. The number of ether oxygens (including phenoxy) is 4. The van der Waals surface area contributed by atoms with Gasteiger partial charge in [-0.25, -0.2) is 0 Å². The van der Waals surface area contributed by atoms with E-state index in [1.807, 2.05) is 19.9 Å². The topological polar surface area (TPSA) is 181 Å². The van der Waals surface area contributed by atoms with Gasteiger partial charge in [-0.1, -0.05) is 46.3 Å². The zero-order valence-corrected chi connectivity index (χ0v) is 40.9. The van der Waals surface area contributed by atoms with Crippen LogP contribution in [0.15, 0.2) is 11.6 Å². The molecule has 12 aliphatic rings. The number of aliphatic hydroxyl groups excluding tert-OH is 2. The molecule has 22 atom stereocenters. The lowest BCUT2D eigenvalue weighted by atomic mass is 9.42. The first-order valence-corrected chi connectivity index (χ1v) is 26.2. The Hall–Kier alpha value is -1.87. The van der Waals surface area contributed by atoms with Crippen LogP contribution >= 0.6 is 0 Å². The lowest BCUT2D eigenvalue weighted by Crippen LogP contribution is -2.66. The monoisotopic (exact) mass is 913 g/mol. The van der Waals surface area contributed by atoms with Gasteiger partial charge in [-0.05, 0) is 132 Å². The smallest absolute Gasteiger partial charge is 0.174 e. The molecule has 9 fully saturated rings. The molecule has 4 aliphatic heterocycles. The van der Waals surface area contributed by atoms with E-state index in [1.54, 1.807) is 6.92 Å². The van der Waals surface area contributed by atoms with E-state index in [9.17, 15) is 30.3 Å². The van der Waals surface area contributed by atoms with Crippen molar-refractivity contribution < 1.29 is 49.3 Å². The van der Waals surface area contributed by atoms with E-state index in [4.69, 9.17) is 28.9 Å². The van der Waals surface area contributed by atoms with Crippen molar-refractivity contribution in [1.29, 1.82) is 0 Å². The van der Waals surface area contributed by atoms with Crippen molar-refractivity contribution in [2.75, 3.05) is 6.61 Å². The second-order valence-corrected chi connectivity index (χ2v) is 26.8. The molecule has 362 valence electrons. The third-order valence-electron chi connectivity index (χ3n) is 23.6. The highest BCUT2D eigenvalue weighted by Gasteiger charge is 2.80. The van der Waals surface area contributed by atoms with E-state index in [-0.39, 0.29) is 76.4 Å². The van der Waals surface area contributed by atoms with Crippen LogP contribution in [-0.4, -0.2) is 106 Å². The number of nitrogens with zero attached hydrogens (tertiary/aromatic N) is 2. The summed E-state index contributed by atoms with van der Waals surface area (Å²) in [6.45, 7) is 19.1. The Morgan fingerprint density at radius 2 is 1.38 bits per heavy atom. The minimum atomic E-state index is -1.44. The number of hydrogen-bond acceptors (Lipinski definition) is 12. The predicted octanol–water partition coefficient (Wildman–Crippen LogP) is 5.73. The van der Waals surface area contributed by atoms with Gasteiger partial charge in [-0.2, -0.15) is 0 Å². The van der Waals surface area contributed by atoms with Gasteiger partial charge < -0.3 is 44.5 Å². The van der Waals surface area contributed by atoms with Crippen molar-refractivity contribution in [3.05, 3.63) is 34.4 Å². The molecule has 0 unspecified atom stereocenters. The summed E-state index contributed by atoms with van der Waals surface area (Å²) in [5, 5.41) is 61.5. The lowest BCUT2D eigenvalue weighted by Gasteiger charge is -2.63. The van der Waals surface area contributed by atoms with Gasteiger partial charge in [0.1, 0.15) is 17.5 Å². The van der Waals surface area contributed by atoms with Gasteiger partial charge in [0.05, 0.1) is 69.9 Å². The quantitative estimate of drug-likeness (QED) is 0.200. The molecule has 12 heteroatoms. The normalized spacial score (nSPS) is 59.2. The molecule has 0 bridgehead atoms. The highest BCUT2D eigenvalue weighted by molar-refractivity contribution is 5.88. The van der Waals surface area contributed by atoms with Gasteiger partial charge >= 0.3 is 0 Å². The summed E-state index contributed by atoms with van der Waals surface area (Å²) in [7, 11) is 0. The summed E-state index contributed by atoms with van der Waals surface area (Å²) in [5.41, 5.74) is -1.11. The number of carbonyl (C=O) groups is 1. The summed E-state index contributed by atoms with van der Waals surface area (Å²) in [5.74, 6) is -1.86. The van der Waals surface area contributed by atoms with Crippen LogP contribution < -0.4 is 0 Å². The fourth-order valence-corrected chi connectivity index (χ4v) is 19.6. The average Bonchev–Trinajstić information content (AvgIpc) is 3.92. The maximum absolute atomic E-state index is 14.9. The Bertz CT molecular complexity index is 2340. The summed E-state index contributed by atoms with van der Waals surface area (Å²) in [4.78, 5) is 26.0. The minimum absolute atomic E-state index is 0.00122. The van der Waals surface area contributed by atoms with Crippen LogP contribution in [0.25, 0.3) is 0 Å². The van der Waals surface area contributed by atoms with Gasteiger partial charge in [0.25, 0.3) is 0 Å². The second kappa shape index (κ2) is 13.0. The summed E-state index contributed by atoms with van der Waals surface area (Å²) < 4.78 is 26.6. The Balaban J connectivity index is 0.775. The van der Waals surface area contributed by atoms with Crippen LogP contribution in [0, 0.1) is 74.9 Å². The maximum Gasteiger partial charge on any atom is 0.174 e. The molecular weight excluding hydrogens is 837 g/mol. The van der Waals surface area contributed by atoms with Crippen molar-refractivity contribution in [2.45, 2.75) is 211 Å².